The Morgan fingerprint density at radius 1 is 0.955 bits per heavy atom. The van der Waals surface area contributed by atoms with Gasteiger partial charge in [0, 0.05) is 0 Å². The highest BCUT2D eigenvalue weighted by Gasteiger charge is 2.22. The third-order valence-electron chi connectivity index (χ3n) is 4.26. The lowest BCUT2D eigenvalue weighted by molar-refractivity contribution is 0.115. The van der Waals surface area contributed by atoms with E-state index >= 15 is 0 Å². The van der Waals surface area contributed by atoms with Gasteiger partial charge in [-0.3, -0.25) is 0 Å². The van der Waals surface area contributed by atoms with Crippen molar-refractivity contribution in [3.8, 4) is 0 Å². The average molecular weight is 312 g/mol. The summed E-state index contributed by atoms with van der Waals surface area (Å²) in [5, 5.41) is 8.83. The summed E-state index contributed by atoms with van der Waals surface area (Å²) < 4.78 is 29.1. The first-order valence-electron chi connectivity index (χ1n) is 10.3. The van der Waals surface area contributed by atoms with E-state index in [1.54, 1.807) is 0 Å². The highest BCUT2D eigenvalue weighted by Crippen LogP contribution is 2.14. The molecule has 0 aliphatic rings. The minimum Gasteiger partial charge on any atom is -0.394 e. The van der Waals surface area contributed by atoms with E-state index in [-0.39, 0.29) is 13.2 Å². The molecule has 0 aliphatic heterocycles. The Balaban J connectivity index is 2.47. The van der Waals surface area contributed by atoms with Crippen molar-refractivity contribution in [2.75, 3.05) is 13.2 Å². The van der Waals surface area contributed by atoms with Crippen LogP contribution < -0.4 is 5.72 Å². The first-order valence-corrected chi connectivity index (χ1v) is 8.60. The summed E-state index contributed by atoms with van der Waals surface area (Å²) in [4.78, 5) is 0. The first kappa shape index (κ1) is 13.5. The number of hydrogen-bond acceptors (Lipinski definition) is 3. The van der Waals surface area contributed by atoms with Gasteiger partial charge in [-0.25, -0.2) is 0 Å². The van der Waals surface area contributed by atoms with Crippen LogP contribution in [0.5, 0.6) is 0 Å². The summed E-state index contributed by atoms with van der Waals surface area (Å²) in [5.41, 5.74) is 1.84. The van der Waals surface area contributed by atoms with Crippen molar-refractivity contribution in [1.29, 1.82) is 2.86 Å². The molecule has 1 rings (SSSR count). The zero-order chi connectivity index (χ0) is 19.3. The van der Waals surface area contributed by atoms with Gasteiger partial charge in [0.25, 0.3) is 0 Å². The van der Waals surface area contributed by atoms with E-state index in [4.69, 9.17) is 5.69 Å². The number of aryl methyl sites for hydroxylation is 2. The molecule has 126 valence electrons. The largest absolute Gasteiger partial charge is 0.394 e. The maximum absolute atomic E-state index is 7.60. The van der Waals surface area contributed by atoms with Crippen LogP contribution >= 0.6 is 0 Å². The van der Waals surface area contributed by atoms with Gasteiger partial charge < -0.3 is 15.9 Å². The Bertz CT molecular complexity index is 465. The van der Waals surface area contributed by atoms with E-state index in [1.165, 1.54) is 44.1 Å². The third kappa shape index (κ3) is 7.39. The summed E-state index contributed by atoms with van der Waals surface area (Å²) in [6.07, 6.45) is 9.93. The van der Waals surface area contributed by atoms with Crippen LogP contribution in [0.4, 0.5) is 0 Å². The summed E-state index contributed by atoms with van der Waals surface area (Å²) >= 11 is 0. The Morgan fingerprint density at radius 2 is 1.55 bits per heavy atom. The topological polar surface area (TPSA) is 66.5 Å². The van der Waals surface area contributed by atoms with Gasteiger partial charge in [-0.2, -0.15) is 0 Å². The molecule has 0 unspecified atom stereocenters. The number of aliphatic hydroxyl groups is 2. The predicted molar refractivity (Wildman–Crippen MR) is 92.9 cm³/mol. The second kappa shape index (κ2) is 10.8. The van der Waals surface area contributed by atoms with Gasteiger partial charge in [0.2, 0.25) is 2.86 Å². The van der Waals surface area contributed by atoms with Crippen molar-refractivity contribution < 1.29 is 13.0 Å². The van der Waals surface area contributed by atoms with E-state index in [0.29, 0.717) is 18.6 Å². The van der Waals surface area contributed by atoms with Crippen molar-refractivity contribution >= 4 is 0 Å². The molecule has 22 heavy (non-hydrogen) atoms. The van der Waals surface area contributed by atoms with Crippen molar-refractivity contribution in [3.05, 3.63) is 35.4 Å². The Labute approximate surface area is 141 Å². The summed E-state index contributed by atoms with van der Waals surface area (Å²) in [7, 11) is 0. The lowest BCUT2D eigenvalue weighted by Gasteiger charge is -2.24. The van der Waals surface area contributed by atoms with Crippen LogP contribution in [0.1, 0.15) is 63.0 Å². The van der Waals surface area contributed by atoms with Gasteiger partial charge in [0.15, 0.2) is 0 Å². The number of rotatable bonds is 15. The van der Waals surface area contributed by atoms with E-state index in [9.17, 15) is 0 Å². The van der Waals surface area contributed by atoms with Gasteiger partial charge in [-0.15, -0.1) is 0 Å². The maximum Gasteiger partial charge on any atom is 0.210 e. The molecule has 3 heteroatoms. The molecular weight excluding hydrogens is 274 g/mol. The number of benzene rings is 1. The lowest BCUT2D eigenvalue weighted by atomic mass is 9.93. The van der Waals surface area contributed by atoms with Crippen LogP contribution in [0, 0.1) is 0 Å². The molecule has 0 heterocycles. The Kier molecular flexibility index (Phi) is 6.62. The van der Waals surface area contributed by atoms with Crippen molar-refractivity contribution in [1.82, 2.24) is 0 Å². The zero-order valence-corrected chi connectivity index (χ0v) is 13.9. The second-order valence-corrected chi connectivity index (χ2v) is 6.35. The van der Waals surface area contributed by atoms with E-state index in [2.05, 4.69) is 41.4 Å². The number of hydrogen-bond donors (Lipinski definition) is 3. The van der Waals surface area contributed by atoms with Crippen LogP contribution in [0.15, 0.2) is 24.3 Å². The quantitative estimate of drug-likeness (QED) is 0.436. The molecule has 0 amide bonds. The Morgan fingerprint density at radius 3 is 2.14 bits per heavy atom. The van der Waals surface area contributed by atoms with Crippen molar-refractivity contribution in [2.45, 2.75) is 70.3 Å². The van der Waals surface area contributed by atoms with Gasteiger partial charge in [-0.05, 0) is 36.8 Å². The molecule has 0 fully saturated rings. The minimum absolute atomic E-state index is 0.144. The van der Waals surface area contributed by atoms with Crippen LogP contribution in [0.25, 0.3) is 0 Å². The van der Waals surface area contributed by atoms with Crippen LogP contribution in [-0.2, 0) is 12.8 Å². The van der Waals surface area contributed by atoms with Crippen LogP contribution in [-0.4, -0.2) is 31.8 Å². The molecule has 3 nitrogen and oxygen atoms in total. The number of aliphatic hydroxyl groups excluding tert-OH is 2. The fourth-order valence-electron chi connectivity index (χ4n) is 2.55. The molecule has 0 aliphatic carbocycles. The monoisotopic (exact) mass is 311 g/mol. The maximum atomic E-state index is 7.60. The predicted octanol–water partition coefficient (Wildman–Crippen LogP) is 3.20. The van der Waals surface area contributed by atoms with Crippen molar-refractivity contribution in [3.63, 3.8) is 0 Å². The summed E-state index contributed by atoms with van der Waals surface area (Å²) in [5.74, 6) is 0. The molecule has 1 aromatic carbocycles. The molecule has 0 bridgehead atoms. The molecule has 0 spiro atoms. The van der Waals surface area contributed by atoms with E-state index in [0.717, 1.165) is 12.0 Å². The zero-order valence-electron chi connectivity index (χ0n) is 17.9. The molecule has 0 atom stereocenters. The lowest BCUT2D eigenvalue weighted by Crippen LogP contribution is -2.47. The molecule has 1 aromatic rings. The fourth-order valence-corrected chi connectivity index (χ4v) is 2.55. The molecule has 4 N–H and O–H groups in total. The van der Waals surface area contributed by atoms with E-state index < -0.39 is 5.54 Å². The van der Waals surface area contributed by atoms with Gasteiger partial charge in [0.1, 0.15) is 2.82 Å². The van der Waals surface area contributed by atoms with Gasteiger partial charge in [0.05, 0.1) is 18.8 Å². The average Bonchev–Trinajstić information content (AvgIpc) is 2.64. The smallest absolute Gasteiger partial charge is 0.210 e. The van der Waals surface area contributed by atoms with Crippen LogP contribution in [0.2, 0.25) is 2.82 Å². The number of unbranched alkanes of at least 4 members (excludes halogenated alkanes) is 5. The summed E-state index contributed by atoms with van der Waals surface area (Å²) in [6, 6.07) is 8.45. The molecule has 0 saturated heterocycles. The van der Waals surface area contributed by atoms with E-state index in [1.807, 2.05) is 0 Å². The summed E-state index contributed by atoms with van der Waals surface area (Å²) in [6.45, 7) is 1.95. The van der Waals surface area contributed by atoms with Crippen molar-refractivity contribution in [2.24, 2.45) is 5.72 Å². The second-order valence-electron chi connectivity index (χ2n) is 6.35. The first-order chi connectivity index (χ1) is 12.6. The highest BCUT2D eigenvalue weighted by molar-refractivity contribution is 5.23. The molecule has 0 saturated carbocycles. The van der Waals surface area contributed by atoms with Gasteiger partial charge >= 0.3 is 0 Å². The molecule has 0 radical (unpaired) electrons. The minimum atomic E-state index is -1.11. The SMILES string of the molecule is [2H]OCC(CCc1ccc(CCCCCCCC)cc1)(CO[2H])N([2H])[2H]. The van der Waals surface area contributed by atoms with Gasteiger partial charge in [-0.1, -0.05) is 63.3 Å². The normalized spacial score (nSPS) is 14.5. The number of nitrogens with two attached hydrogens (primary N) is 1. The molecule has 0 aromatic heterocycles. The molecular formula is C19H33NO2. The Hall–Kier alpha value is -0.900. The van der Waals surface area contributed by atoms with Crippen LogP contribution in [0.3, 0.4) is 0 Å². The fraction of sp³-hybridized carbons (Fsp3) is 0.684. The third-order valence-corrected chi connectivity index (χ3v) is 4.26. The highest BCUT2D eigenvalue weighted by atomic mass is 16.3. The standard InChI is InChI=1S/C19H33NO2/c1-2-3-4-5-6-7-8-17-9-11-18(12-10-17)13-14-19(20,15-21)16-22/h9-12,21-22H,2-8,13-16,20H2,1H3/i21D,22D/hD2.